The number of nitrogens with zero attached hydrogens (tertiary/aromatic N) is 1. The fraction of sp³-hybridized carbons (Fsp3) is 0.429. The van der Waals surface area contributed by atoms with Crippen molar-refractivity contribution in [1.82, 2.24) is 4.90 Å². The van der Waals surface area contributed by atoms with E-state index in [1.54, 1.807) is 24.3 Å². The molecule has 0 aromatic heterocycles. The molecule has 118 valence electrons. The van der Waals surface area contributed by atoms with Crippen LogP contribution in [0.2, 0.25) is 0 Å². The molecule has 2 aliphatic heterocycles. The van der Waals surface area contributed by atoms with Crippen molar-refractivity contribution in [2.75, 3.05) is 11.9 Å². The molecule has 0 radical (unpaired) electrons. The van der Waals surface area contributed by atoms with Crippen LogP contribution in [-0.2, 0) is 19.9 Å². The molecule has 0 unspecified atom stereocenters. The highest BCUT2D eigenvalue weighted by atomic mass is 19.4. The van der Waals surface area contributed by atoms with Gasteiger partial charge in [-0.15, -0.1) is 0 Å². The highest BCUT2D eigenvalue weighted by Crippen LogP contribution is 2.50. The molecule has 1 fully saturated rings. The van der Waals surface area contributed by atoms with Crippen LogP contribution in [0, 0.1) is 0 Å². The molecule has 2 heterocycles. The summed E-state index contributed by atoms with van der Waals surface area (Å²) in [6.07, 6.45) is -5.91. The van der Waals surface area contributed by atoms with E-state index >= 15 is 0 Å². The van der Waals surface area contributed by atoms with Gasteiger partial charge in [-0.25, -0.2) is 0 Å². The van der Waals surface area contributed by atoms with Crippen LogP contribution in [0.1, 0.15) is 18.9 Å². The van der Waals surface area contributed by atoms with Gasteiger partial charge in [-0.2, -0.15) is 13.2 Å². The van der Waals surface area contributed by atoms with Crippen LogP contribution in [-0.4, -0.2) is 35.7 Å². The van der Waals surface area contributed by atoms with Gasteiger partial charge in [-0.3, -0.25) is 9.59 Å². The summed E-state index contributed by atoms with van der Waals surface area (Å²) in [5.41, 5.74) is -0.121. The van der Waals surface area contributed by atoms with E-state index in [0.29, 0.717) is 16.2 Å². The Morgan fingerprint density at radius 3 is 2.68 bits per heavy atom. The van der Waals surface area contributed by atoms with E-state index in [1.807, 2.05) is 0 Å². The van der Waals surface area contributed by atoms with Crippen LogP contribution in [0.3, 0.4) is 0 Å². The predicted octanol–water partition coefficient (Wildman–Crippen LogP) is 1.99. The number of amides is 1. The summed E-state index contributed by atoms with van der Waals surface area (Å²) in [5, 5.41) is 2.87. The van der Waals surface area contributed by atoms with Gasteiger partial charge < -0.3 is 15.0 Å². The molecule has 5 nitrogen and oxygen atoms in total. The molecule has 8 heteroatoms. The lowest BCUT2D eigenvalue weighted by Gasteiger charge is -2.32. The number of fused-ring (bicyclic) bond motifs is 3. The Hall–Kier alpha value is -2.25. The van der Waals surface area contributed by atoms with Gasteiger partial charge in [0.05, 0.1) is 0 Å². The molecule has 1 aromatic rings. The zero-order chi connectivity index (χ0) is 16.1. The second-order valence-electron chi connectivity index (χ2n) is 5.32. The van der Waals surface area contributed by atoms with Crippen LogP contribution in [0.5, 0.6) is 0 Å². The Bertz CT molecular complexity index is 646. The standard InChI is InChI=1S/C14H13F3N2O3/c1-8(20)22-13-6-7-19(12(21)14(15,16)17)11(13)18-10-5-3-2-4-9(10)13/h2-5,11,18H,6-7H2,1H3/t11-,13+/m0/s1. The van der Waals surface area contributed by atoms with Crippen molar-refractivity contribution in [2.45, 2.75) is 31.3 Å². The molecule has 2 aliphatic rings. The highest BCUT2D eigenvalue weighted by molar-refractivity contribution is 5.84. The number of ether oxygens (including phenoxy) is 1. The number of carbonyl (C=O) groups is 2. The molecule has 0 bridgehead atoms. The van der Waals surface area contributed by atoms with Gasteiger partial charge in [0.1, 0.15) is 6.17 Å². The molecule has 3 rings (SSSR count). The van der Waals surface area contributed by atoms with E-state index in [-0.39, 0.29) is 13.0 Å². The van der Waals surface area contributed by atoms with Gasteiger partial charge in [0, 0.05) is 31.1 Å². The number of nitrogens with one attached hydrogen (secondary N) is 1. The van der Waals surface area contributed by atoms with E-state index in [0.717, 1.165) is 0 Å². The first-order chi connectivity index (χ1) is 10.3. The Kier molecular flexibility index (Phi) is 3.08. The van der Waals surface area contributed by atoms with E-state index in [1.165, 1.54) is 6.92 Å². The molecule has 0 aliphatic carbocycles. The average Bonchev–Trinajstić information content (AvgIpc) is 2.90. The summed E-state index contributed by atoms with van der Waals surface area (Å²) in [4.78, 5) is 23.7. The third-order valence-electron chi connectivity index (χ3n) is 3.98. The molecule has 2 atom stereocenters. The predicted molar refractivity (Wildman–Crippen MR) is 69.7 cm³/mol. The van der Waals surface area contributed by atoms with Crippen molar-refractivity contribution in [3.05, 3.63) is 29.8 Å². The normalized spacial score (nSPS) is 26.2. The Labute approximate surface area is 124 Å². The zero-order valence-corrected chi connectivity index (χ0v) is 11.6. The van der Waals surface area contributed by atoms with Gasteiger partial charge in [-0.05, 0) is 6.07 Å². The number of anilines is 1. The summed E-state index contributed by atoms with van der Waals surface area (Å²) in [7, 11) is 0. The molecule has 1 N–H and O–H groups in total. The monoisotopic (exact) mass is 314 g/mol. The number of alkyl halides is 3. The first kappa shape index (κ1) is 14.7. The number of hydrogen-bond donors (Lipinski definition) is 1. The van der Waals surface area contributed by atoms with Crippen molar-refractivity contribution in [2.24, 2.45) is 0 Å². The molecule has 0 saturated carbocycles. The maximum absolute atomic E-state index is 12.7. The lowest BCUT2D eigenvalue weighted by atomic mass is 9.92. The minimum Gasteiger partial charge on any atom is -0.450 e. The van der Waals surface area contributed by atoms with Crippen LogP contribution < -0.4 is 5.32 Å². The smallest absolute Gasteiger partial charge is 0.450 e. The van der Waals surface area contributed by atoms with Gasteiger partial charge in [-0.1, -0.05) is 18.2 Å². The molecule has 1 saturated heterocycles. The van der Waals surface area contributed by atoms with Crippen molar-refractivity contribution in [3.63, 3.8) is 0 Å². The zero-order valence-electron chi connectivity index (χ0n) is 11.6. The summed E-state index contributed by atoms with van der Waals surface area (Å²) in [6, 6.07) is 6.79. The number of esters is 1. The minimum absolute atomic E-state index is 0.114. The average molecular weight is 314 g/mol. The number of carbonyl (C=O) groups excluding carboxylic acids is 2. The first-order valence-electron chi connectivity index (χ1n) is 6.69. The third kappa shape index (κ3) is 2.01. The summed E-state index contributed by atoms with van der Waals surface area (Å²) >= 11 is 0. The molecular weight excluding hydrogens is 301 g/mol. The fourth-order valence-corrected chi connectivity index (χ4v) is 3.21. The highest BCUT2D eigenvalue weighted by Gasteiger charge is 2.60. The van der Waals surface area contributed by atoms with Crippen LogP contribution >= 0.6 is 0 Å². The Morgan fingerprint density at radius 1 is 1.36 bits per heavy atom. The lowest BCUT2D eigenvalue weighted by molar-refractivity contribution is -0.188. The third-order valence-corrected chi connectivity index (χ3v) is 3.98. The van der Waals surface area contributed by atoms with E-state index < -0.39 is 29.8 Å². The van der Waals surface area contributed by atoms with Crippen molar-refractivity contribution in [1.29, 1.82) is 0 Å². The minimum atomic E-state index is -4.97. The number of hydrogen-bond acceptors (Lipinski definition) is 4. The van der Waals surface area contributed by atoms with E-state index in [4.69, 9.17) is 4.74 Å². The number of halogens is 3. The van der Waals surface area contributed by atoms with Crippen molar-refractivity contribution in [3.8, 4) is 0 Å². The van der Waals surface area contributed by atoms with Crippen molar-refractivity contribution >= 4 is 17.6 Å². The summed E-state index contributed by atoms with van der Waals surface area (Å²) < 4.78 is 43.6. The van der Waals surface area contributed by atoms with Gasteiger partial charge in [0.2, 0.25) is 0 Å². The maximum atomic E-state index is 12.7. The molecule has 1 amide bonds. The molecular formula is C14H13F3N2O3. The Balaban J connectivity index is 2.03. The SMILES string of the molecule is CC(=O)O[C@@]12CCN(C(=O)C(F)(F)F)[C@@H]1Nc1ccccc12. The van der Waals surface area contributed by atoms with Gasteiger partial charge in [0.25, 0.3) is 0 Å². The van der Waals surface area contributed by atoms with Crippen LogP contribution in [0.25, 0.3) is 0 Å². The molecule has 1 aromatic carbocycles. The quantitative estimate of drug-likeness (QED) is 0.806. The Morgan fingerprint density at radius 2 is 2.05 bits per heavy atom. The van der Waals surface area contributed by atoms with E-state index in [2.05, 4.69) is 5.32 Å². The lowest BCUT2D eigenvalue weighted by Crippen LogP contribution is -2.51. The number of rotatable bonds is 1. The second-order valence-corrected chi connectivity index (χ2v) is 5.32. The van der Waals surface area contributed by atoms with Crippen molar-refractivity contribution < 1.29 is 27.5 Å². The molecule has 0 spiro atoms. The number of benzene rings is 1. The van der Waals surface area contributed by atoms with Gasteiger partial charge >= 0.3 is 18.1 Å². The maximum Gasteiger partial charge on any atom is 0.471 e. The largest absolute Gasteiger partial charge is 0.471 e. The molecule has 22 heavy (non-hydrogen) atoms. The van der Waals surface area contributed by atoms with Gasteiger partial charge in [0.15, 0.2) is 5.60 Å². The number of para-hydroxylation sites is 1. The first-order valence-corrected chi connectivity index (χ1v) is 6.69. The van der Waals surface area contributed by atoms with E-state index in [9.17, 15) is 22.8 Å². The van der Waals surface area contributed by atoms with Crippen LogP contribution in [0.4, 0.5) is 18.9 Å². The summed E-state index contributed by atoms with van der Waals surface area (Å²) in [5.74, 6) is -2.54. The summed E-state index contributed by atoms with van der Waals surface area (Å²) in [6.45, 7) is 1.05. The topological polar surface area (TPSA) is 58.6 Å². The second kappa shape index (κ2) is 4.62. The fourth-order valence-electron chi connectivity index (χ4n) is 3.21. The number of likely N-dealkylation sites (tertiary alicyclic amines) is 1. The van der Waals surface area contributed by atoms with Crippen LogP contribution in [0.15, 0.2) is 24.3 Å².